The van der Waals surface area contributed by atoms with Gasteiger partial charge in [0.15, 0.2) is 0 Å². The fourth-order valence-electron chi connectivity index (χ4n) is 5.21. The molecule has 3 rings (SSSR count). The highest BCUT2D eigenvalue weighted by Gasteiger charge is 2.64. The first-order chi connectivity index (χ1) is 15.4. The molecule has 0 bridgehead atoms. The first-order valence-corrected chi connectivity index (χ1v) is 11.1. The van der Waals surface area contributed by atoms with Gasteiger partial charge in [-0.2, -0.15) is 18.4 Å². The summed E-state index contributed by atoms with van der Waals surface area (Å²) in [6, 6.07) is 5.20. The Morgan fingerprint density at radius 1 is 1.21 bits per heavy atom. The Labute approximate surface area is 194 Å². The van der Waals surface area contributed by atoms with Gasteiger partial charge in [0.25, 0.3) is 0 Å². The molecule has 0 spiro atoms. The number of nitrogens with zero attached hydrogens (tertiary/aromatic N) is 1. The fraction of sp³-hybridized carbons (Fsp3) is 0.444. The van der Waals surface area contributed by atoms with Gasteiger partial charge >= 0.3 is 6.18 Å². The maximum atomic E-state index is 13.4. The third-order valence-electron chi connectivity index (χ3n) is 6.66. The molecule has 176 valence electrons. The molecule has 0 saturated heterocycles. The van der Waals surface area contributed by atoms with Crippen molar-refractivity contribution in [2.45, 2.75) is 65.8 Å². The third-order valence-corrected chi connectivity index (χ3v) is 6.66. The molecule has 2 aliphatic carbocycles. The number of alkyl halides is 3. The zero-order valence-electron chi connectivity index (χ0n) is 19.8. The molecule has 1 aromatic carbocycles. The van der Waals surface area contributed by atoms with E-state index < -0.39 is 17.3 Å². The van der Waals surface area contributed by atoms with Crippen LogP contribution < -0.4 is 10.1 Å². The predicted octanol–water partition coefficient (Wildman–Crippen LogP) is 7.09. The lowest BCUT2D eigenvalue weighted by molar-refractivity contribution is -0.165. The standard InChI is InChI=1S/C27H31F3N2O/c1-7-9-10-17(8-2)22(18-11-12-18)32-23-25(3,4)24(26(23,5)6)33-20-14-13-19(16-31)21(15-20)27(28,29)30/h7-10,13-15,23-24,32H,1,11-12H2,2-6H3/b10-9-,17-8+. The molecular weight excluding hydrogens is 425 g/mol. The molecule has 0 aromatic heterocycles. The molecule has 2 fully saturated rings. The van der Waals surface area contributed by atoms with Gasteiger partial charge in [-0.15, -0.1) is 0 Å². The van der Waals surface area contributed by atoms with Crippen molar-refractivity contribution < 1.29 is 17.9 Å². The van der Waals surface area contributed by atoms with Gasteiger partial charge < -0.3 is 10.1 Å². The van der Waals surface area contributed by atoms with E-state index in [1.54, 1.807) is 12.1 Å². The number of ether oxygens (including phenoxy) is 1. The van der Waals surface area contributed by atoms with Crippen LogP contribution in [-0.2, 0) is 6.18 Å². The zero-order chi connectivity index (χ0) is 24.6. The van der Waals surface area contributed by atoms with Crippen molar-refractivity contribution in [3.63, 3.8) is 0 Å². The molecule has 1 aromatic rings. The van der Waals surface area contributed by atoms with E-state index in [9.17, 15) is 13.2 Å². The minimum Gasteiger partial charge on any atom is -0.489 e. The summed E-state index contributed by atoms with van der Waals surface area (Å²) in [6.45, 7) is 14.0. The molecule has 3 nitrogen and oxygen atoms in total. The second-order valence-corrected chi connectivity index (χ2v) is 9.85. The number of halogens is 3. The Morgan fingerprint density at radius 3 is 2.33 bits per heavy atom. The van der Waals surface area contributed by atoms with Gasteiger partial charge in [-0.05, 0) is 49.1 Å². The number of rotatable bonds is 7. The average molecular weight is 457 g/mol. The SMILES string of the molecule is C=C/C=C\C(=C/C)C(NC1C(C)(C)C(Oc2ccc(C#N)c(C(F)(F)F)c2)C1(C)C)=C1CC1. The van der Waals surface area contributed by atoms with E-state index in [-0.39, 0.29) is 28.7 Å². The van der Waals surface area contributed by atoms with Gasteiger partial charge in [0.05, 0.1) is 17.2 Å². The van der Waals surface area contributed by atoms with Crippen LogP contribution in [0.15, 0.2) is 65.9 Å². The molecule has 0 aliphatic heterocycles. The molecule has 2 aliphatic rings. The Hall–Kier alpha value is -2.94. The summed E-state index contributed by atoms with van der Waals surface area (Å²) < 4.78 is 46.3. The minimum absolute atomic E-state index is 0.0469. The Kier molecular flexibility index (Phi) is 6.57. The fourth-order valence-corrected chi connectivity index (χ4v) is 5.21. The van der Waals surface area contributed by atoms with Gasteiger partial charge in [-0.25, -0.2) is 0 Å². The van der Waals surface area contributed by atoms with Crippen LogP contribution in [0.4, 0.5) is 13.2 Å². The highest BCUT2D eigenvalue weighted by Crippen LogP contribution is 2.56. The van der Waals surface area contributed by atoms with Crippen molar-refractivity contribution in [3.05, 3.63) is 77.1 Å². The van der Waals surface area contributed by atoms with E-state index >= 15 is 0 Å². The predicted molar refractivity (Wildman–Crippen MR) is 124 cm³/mol. The summed E-state index contributed by atoms with van der Waals surface area (Å²) in [6.07, 6.45) is 4.92. The molecule has 0 unspecified atom stereocenters. The van der Waals surface area contributed by atoms with Crippen LogP contribution in [0.1, 0.15) is 58.6 Å². The maximum Gasteiger partial charge on any atom is 0.417 e. The Bertz CT molecular complexity index is 1050. The van der Waals surface area contributed by atoms with Crippen LogP contribution in [0, 0.1) is 22.2 Å². The number of hydrogen-bond donors (Lipinski definition) is 1. The summed E-state index contributed by atoms with van der Waals surface area (Å²) in [5.41, 5.74) is 1.51. The van der Waals surface area contributed by atoms with Crippen LogP contribution in [0.5, 0.6) is 5.75 Å². The zero-order valence-corrected chi connectivity index (χ0v) is 19.8. The lowest BCUT2D eigenvalue weighted by Gasteiger charge is -2.63. The normalized spacial score (nSPS) is 23.5. The van der Waals surface area contributed by atoms with Crippen molar-refractivity contribution in [1.29, 1.82) is 5.26 Å². The molecule has 33 heavy (non-hydrogen) atoms. The van der Waals surface area contributed by atoms with Crippen molar-refractivity contribution in [2.24, 2.45) is 10.8 Å². The van der Waals surface area contributed by atoms with Crippen LogP contribution in [0.3, 0.4) is 0 Å². The highest BCUT2D eigenvalue weighted by atomic mass is 19.4. The summed E-state index contributed by atoms with van der Waals surface area (Å²) in [4.78, 5) is 0. The quantitative estimate of drug-likeness (QED) is 0.446. The van der Waals surface area contributed by atoms with Crippen LogP contribution >= 0.6 is 0 Å². The Balaban J connectivity index is 1.86. The lowest BCUT2D eigenvalue weighted by Crippen LogP contribution is -2.74. The van der Waals surface area contributed by atoms with Crippen molar-refractivity contribution >= 4 is 0 Å². The van der Waals surface area contributed by atoms with Crippen LogP contribution in [0.2, 0.25) is 0 Å². The van der Waals surface area contributed by atoms with Crippen molar-refractivity contribution in [3.8, 4) is 11.8 Å². The average Bonchev–Trinajstić information content (AvgIpc) is 3.58. The molecular formula is C27H31F3N2O. The van der Waals surface area contributed by atoms with E-state index in [2.05, 4.69) is 45.7 Å². The smallest absolute Gasteiger partial charge is 0.417 e. The van der Waals surface area contributed by atoms with E-state index in [0.29, 0.717) is 0 Å². The minimum atomic E-state index is -4.62. The molecule has 2 saturated carbocycles. The second kappa shape index (κ2) is 8.78. The monoisotopic (exact) mass is 456 g/mol. The number of nitrogens with one attached hydrogen (secondary N) is 1. The molecule has 0 amide bonds. The van der Waals surface area contributed by atoms with Gasteiger partial charge in [0.1, 0.15) is 11.9 Å². The summed E-state index contributed by atoms with van der Waals surface area (Å²) >= 11 is 0. The van der Waals surface area contributed by atoms with Gasteiger partial charge in [-0.1, -0.05) is 58.6 Å². The van der Waals surface area contributed by atoms with Gasteiger partial charge in [0, 0.05) is 22.6 Å². The highest BCUT2D eigenvalue weighted by molar-refractivity contribution is 5.47. The molecule has 0 radical (unpaired) electrons. The lowest BCUT2D eigenvalue weighted by atomic mass is 9.49. The maximum absolute atomic E-state index is 13.4. The van der Waals surface area contributed by atoms with E-state index in [1.165, 1.54) is 17.7 Å². The topological polar surface area (TPSA) is 45.0 Å². The Morgan fingerprint density at radius 2 is 1.85 bits per heavy atom. The molecule has 0 atom stereocenters. The first-order valence-electron chi connectivity index (χ1n) is 11.1. The second-order valence-electron chi connectivity index (χ2n) is 9.85. The van der Waals surface area contributed by atoms with Crippen LogP contribution in [0.25, 0.3) is 0 Å². The largest absolute Gasteiger partial charge is 0.489 e. The van der Waals surface area contributed by atoms with E-state index in [0.717, 1.165) is 30.2 Å². The number of allylic oxidation sites excluding steroid dienone is 5. The molecule has 1 N–H and O–H groups in total. The molecule has 0 heterocycles. The first kappa shape index (κ1) is 24.7. The van der Waals surface area contributed by atoms with E-state index in [4.69, 9.17) is 10.00 Å². The van der Waals surface area contributed by atoms with Gasteiger partial charge in [-0.3, -0.25) is 0 Å². The third kappa shape index (κ3) is 4.73. The summed E-state index contributed by atoms with van der Waals surface area (Å²) in [7, 11) is 0. The summed E-state index contributed by atoms with van der Waals surface area (Å²) in [5, 5.41) is 12.8. The van der Waals surface area contributed by atoms with Crippen molar-refractivity contribution in [2.75, 3.05) is 0 Å². The van der Waals surface area contributed by atoms with Crippen LogP contribution in [-0.4, -0.2) is 12.1 Å². The summed E-state index contributed by atoms with van der Waals surface area (Å²) in [5.74, 6) is 0.120. The number of benzene rings is 1. The number of nitriles is 1. The number of hydrogen-bond acceptors (Lipinski definition) is 3. The van der Waals surface area contributed by atoms with Crippen molar-refractivity contribution in [1.82, 2.24) is 5.32 Å². The van der Waals surface area contributed by atoms with Gasteiger partial charge in [0.2, 0.25) is 0 Å². The molecule has 6 heteroatoms. The van der Waals surface area contributed by atoms with E-state index in [1.807, 2.05) is 19.1 Å².